The summed E-state index contributed by atoms with van der Waals surface area (Å²) >= 11 is 0. The molecular formula is C11H14N2O. The van der Waals surface area contributed by atoms with E-state index in [1.807, 2.05) is 31.2 Å². The second kappa shape index (κ2) is 4.46. The fourth-order valence-corrected chi connectivity index (χ4v) is 1.16. The lowest BCUT2D eigenvalue weighted by atomic mass is 10.2. The third-order valence-electron chi connectivity index (χ3n) is 1.71. The van der Waals surface area contributed by atoms with E-state index in [1.165, 1.54) is 13.0 Å². The zero-order valence-electron chi connectivity index (χ0n) is 8.37. The van der Waals surface area contributed by atoms with Gasteiger partial charge in [0.25, 0.3) is 0 Å². The van der Waals surface area contributed by atoms with E-state index in [1.54, 1.807) is 0 Å². The molecule has 3 nitrogen and oxygen atoms in total. The van der Waals surface area contributed by atoms with Crippen LogP contribution in [-0.2, 0) is 4.79 Å². The molecule has 0 saturated heterocycles. The molecule has 0 radical (unpaired) electrons. The summed E-state index contributed by atoms with van der Waals surface area (Å²) < 4.78 is 0. The topological polar surface area (TPSA) is 55.1 Å². The van der Waals surface area contributed by atoms with Gasteiger partial charge in [-0.1, -0.05) is 12.1 Å². The van der Waals surface area contributed by atoms with Crippen LogP contribution < -0.4 is 11.1 Å². The molecule has 1 aromatic carbocycles. The number of para-hydroxylation sites is 2. The van der Waals surface area contributed by atoms with Gasteiger partial charge in [-0.3, -0.25) is 4.79 Å². The van der Waals surface area contributed by atoms with Crippen LogP contribution in [0.3, 0.4) is 0 Å². The van der Waals surface area contributed by atoms with Crippen LogP contribution >= 0.6 is 0 Å². The summed E-state index contributed by atoms with van der Waals surface area (Å²) in [6.45, 7) is 3.34. The maximum atomic E-state index is 10.8. The largest absolute Gasteiger partial charge is 0.397 e. The minimum Gasteiger partial charge on any atom is -0.397 e. The third-order valence-corrected chi connectivity index (χ3v) is 1.71. The number of anilines is 2. The Balaban J connectivity index is 2.79. The van der Waals surface area contributed by atoms with E-state index in [2.05, 4.69) is 5.32 Å². The Morgan fingerprint density at radius 3 is 2.57 bits per heavy atom. The zero-order valence-corrected chi connectivity index (χ0v) is 8.37. The van der Waals surface area contributed by atoms with Gasteiger partial charge < -0.3 is 11.1 Å². The van der Waals surface area contributed by atoms with Gasteiger partial charge in [0.05, 0.1) is 11.4 Å². The van der Waals surface area contributed by atoms with Gasteiger partial charge in [-0.2, -0.15) is 0 Å². The van der Waals surface area contributed by atoms with Gasteiger partial charge in [-0.15, -0.1) is 0 Å². The van der Waals surface area contributed by atoms with Crippen molar-refractivity contribution in [3.8, 4) is 0 Å². The van der Waals surface area contributed by atoms with Crippen molar-refractivity contribution in [1.29, 1.82) is 0 Å². The Hall–Kier alpha value is -1.77. The first-order valence-corrected chi connectivity index (χ1v) is 4.40. The Labute approximate surface area is 83.6 Å². The predicted molar refractivity (Wildman–Crippen MR) is 58.9 cm³/mol. The maximum Gasteiger partial charge on any atom is 0.154 e. The Bertz CT molecular complexity index is 369. The summed E-state index contributed by atoms with van der Waals surface area (Å²) in [5.74, 6) is 0.0181. The van der Waals surface area contributed by atoms with Gasteiger partial charge in [0, 0.05) is 5.70 Å². The normalized spacial score (nSPS) is 11.1. The highest BCUT2D eigenvalue weighted by Crippen LogP contribution is 2.18. The Kier molecular flexibility index (Phi) is 3.29. The molecule has 0 aromatic heterocycles. The number of carbonyl (C=O) groups is 1. The van der Waals surface area contributed by atoms with E-state index in [0.717, 1.165) is 11.4 Å². The molecule has 0 unspecified atom stereocenters. The predicted octanol–water partition coefficient (Wildman–Crippen LogP) is 2.17. The van der Waals surface area contributed by atoms with Crippen LogP contribution in [0.5, 0.6) is 0 Å². The number of hydrogen-bond donors (Lipinski definition) is 2. The van der Waals surface area contributed by atoms with Crippen molar-refractivity contribution < 1.29 is 4.79 Å². The number of carbonyl (C=O) groups excluding carboxylic acids is 1. The van der Waals surface area contributed by atoms with Crippen molar-refractivity contribution in [3.05, 3.63) is 36.0 Å². The highest BCUT2D eigenvalue weighted by molar-refractivity contribution is 5.88. The molecule has 0 bridgehead atoms. The van der Waals surface area contributed by atoms with Gasteiger partial charge in [-0.05, 0) is 32.1 Å². The average molecular weight is 190 g/mol. The van der Waals surface area contributed by atoms with Crippen LogP contribution in [0.2, 0.25) is 0 Å². The van der Waals surface area contributed by atoms with Crippen LogP contribution in [0.15, 0.2) is 36.0 Å². The molecule has 3 N–H and O–H groups in total. The minimum atomic E-state index is 0.0181. The number of rotatable bonds is 3. The van der Waals surface area contributed by atoms with E-state index < -0.39 is 0 Å². The standard InChI is InChI=1S/C11H14N2O/c1-8(7-9(2)14)13-11-6-4-3-5-10(11)12/h3-7,13H,12H2,1-2H3/b8-7-. The fraction of sp³-hybridized carbons (Fsp3) is 0.182. The SMILES string of the molecule is CC(=O)/C=C(/C)Nc1ccccc1N. The summed E-state index contributed by atoms with van der Waals surface area (Å²) in [6.07, 6.45) is 1.53. The molecule has 0 amide bonds. The molecule has 0 spiro atoms. The van der Waals surface area contributed by atoms with Gasteiger partial charge in [0.15, 0.2) is 5.78 Å². The number of nitrogen functional groups attached to an aromatic ring is 1. The smallest absolute Gasteiger partial charge is 0.154 e. The first-order chi connectivity index (χ1) is 6.59. The van der Waals surface area contributed by atoms with Crippen LogP contribution in [0, 0.1) is 0 Å². The summed E-state index contributed by atoms with van der Waals surface area (Å²) in [5.41, 5.74) is 8.00. The second-order valence-electron chi connectivity index (χ2n) is 3.15. The fourth-order valence-electron chi connectivity index (χ4n) is 1.16. The molecule has 0 saturated carbocycles. The van der Waals surface area contributed by atoms with Crippen LogP contribution in [0.4, 0.5) is 11.4 Å². The summed E-state index contributed by atoms with van der Waals surface area (Å²) in [4.78, 5) is 10.8. The van der Waals surface area contributed by atoms with E-state index in [9.17, 15) is 4.79 Å². The van der Waals surface area contributed by atoms with Crippen molar-refractivity contribution in [2.45, 2.75) is 13.8 Å². The van der Waals surface area contributed by atoms with E-state index in [0.29, 0.717) is 5.69 Å². The number of allylic oxidation sites excluding steroid dienone is 2. The molecule has 0 fully saturated rings. The molecule has 0 aliphatic heterocycles. The number of nitrogens with one attached hydrogen (secondary N) is 1. The average Bonchev–Trinajstić information content (AvgIpc) is 2.07. The van der Waals surface area contributed by atoms with Crippen LogP contribution in [0.1, 0.15) is 13.8 Å². The van der Waals surface area contributed by atoms with E-state index in [4.69, 9.17) is 5.73 Å². The second-order valence-corrected chi connectivity index (χ2v) is 3.15. The summed E-state index contributed by atoms with van der Waals surface area (Å²) in [5, 5.41) is 3.06. The first kappa shape index (κ1) is 10.3. The number of hydrogen-bond acceptors (Lipinski definition) is 3. The molecular weight excluding hydrogens is 176 g/mol. The van der Waals surface area contributed by atoms with Crippen molar-refractivity contribution in [2.75, 3.05) is 11.1 Å². The molecule has 0 aliphatic carbocycles. The van der Waals surface area contributed by atoms with E-state index in [-0.39, 0.29) is 5.78 Å². The molecule has 1 rings (SSSR count). The van der Waals surface area contributed by atoms with Crippen LogP contribution in [0.25, 0.3) is 0 Å². The monoisotopic (exact) mass is 190 g/mol. The quantitative estimate of drug-likeness (QED) is 0.567. The number of nitrogens with two attached hydrogens (primary N) is 1. The highest BCUT2D eigenvalue weighted by Gasteiger charge is 1.97. The number of ketones is 1. The van der Waals surface area contributed by atoms with Gasteiger partial charge in [0.1, 0.15) is 0 Å². The molecule has 74 valence electrons. The molecule has 14 heavy (non-hydrogen) atoms. The minimum absolute atomic E-state index is 0.0181. The van der Waals surface area contributed by atoms with Gasteiger partial charge >= 0.3 is 0 Å². The maximum absolute atomic E-state index is 10.8. The molecule has 0 heterocycles. The third kappa shape index (κ3) is 2.94. The van der Waals surface area contributed by atoms with Crippen LogP contribution in [-0.4, -0.2) is 5.78 Å². The van der Waals surface area contributed by atoms with Crippen molar-refractivity contribution in [2.24, 2.45) is 0 Å². The summed E-state index contributed by atoms with van der Waals surface area (Å²) in [7, 11) is 0. The summed E-state index contributed by atoms with van der Waals surface area (Å²) in [6, 6.07) is 7.43. The zero-order chi connectivity index (χ0) is 10.6. The van der Waals surface area contributed by atoms with Gasteiger partial charge in [-0.25, -0.2) is 0 Å². The van der Waals surface area contributed by atoms with E-state index >= 15 is 0 Å². The first-order valence-electron chi connectivity index (χ1n) is 4.40. The lowest BCUT2D eigenvalue weighted by Crippen LogP contribution is -2.01. The molecule has 0 atom stereocenters. The molecule has 0 aliphatic rings. The molecule has 3 heteroatoms. The Morgan fingerprint density at radius 2 is 2.00 bits per heavy atom. The van der Waals surface area contributed by atoms with Crippen molar-refractivity contribution >= 4 is 17.2 Å². The lowest BCUT2D eigenvalue weighted by molar-refractivity contribution is -0.112. The van der Waals surface area contributed by atoms with Gasteiger partial charge in [0.2, 0.25) is 0 Å². The van der Waals surface area contributed by atoms with Crippen molar-refractivity contribution in [3.63, 3.8) is 0 Å². The lowest BCUT2D eigenvalue weighted by Gasteiger charge is -2.08. The molecule has 1 aromatic rings. The van der Waals surface area contributed by atoms with Crippen molar-refractivity contribution in [1.82, 2.24) is 0 Å². The highest BCUT2D eigenvalue weighted by atomic mass is 16.1. The number of benzene rings is 1. The Morgan fingerprint density at radius 1 is 1.36 bits per heavy atom.